The summed E-state index contributed by atoms with van der Waals surface area (Å²) >= 11 is 4.97. The number of hydrazone groups is 1. The Kier molecular flexibility index (Phi) is 2.45. The number of nitrogens with zero attached hydrogens (tertiary/aromatic N) is 1. The zero-order valence-corrected chi connectivity index (χ0v) is 7.87. The van der Waals surface area contributed by atoms with Crippen LogP contribution in [0.15, 0.2) is 21.0 Å². The molecule has 0 unspecified atom stereocenters. The molecule has 0 aliphatic carbocycles. The number of halogens is 1. The molecule has 0 saturated carbocycles. The molecule has 0 spiro atoms. The molecule has 0 bridgehead atoms. The molecular formula is C6H7BrN2S. The molecule has 2 nitrogen and oxygen atoms in total. The summed E-state index contributed by atoms with van der Waals surface area (Å²) in [7, 11) is 0. The number of thiophene rings is 1. The third-order valence-electron chi connectivity index (χ3n) is 1.12. The monoisotopic (exact) mass is 218 g/mol. The van der Waals surface area contributed by atoms with Crippen LogP contribution in [0.1, 0.15) is 11.8 Å². The van der Waals surface area contributed by atoms with Crippen LogP contribution >= 0.6 is 27.3 Å². The summed E-state index contributed by atoms with van der Waals surface area (Å²) in [5.41, 5.74) is 0.871. The molecule has 0 radical (unpaired) electrons. The quantitative estimate of drug-likeness (QED) is 0.439. The van der Waals surface area contributed by atoms with E-state index in [4.69, 9.17) is 5.84 Å². The summed E-state index contributed by atoms with van der Waals surface area (Å²) in [5, 5.41) is 5.58. The molecule has 1 aromatic rings. The molecule has 0 atom stereocenters. The first kappa shape index (κ1) is 7.75. The molecule has 2 N–H and O–H groups in total. The van der Waals surface area contributed by atoms with Gasteiger partial charge >= 0.3 is 0 Å². The van der Waals surface area contributed by atoms with Crippen molar-refractivity contribution in [3.05, 3.63) is 20.8 Å². The standard InChI is InChI=1S/C6H7BrN2S/c1-4(9-8)6-2-5(7)3-10-6/h2-3H,8H2,1H3/b9-4-. The van der Waals surface area contributed by atoms with Gasteiger partial charge < -0.3 is 5.84 Å². The first-order chi connectivity index (χ1) is 4.74. The Labute approximate surface area is 71.9 Å². The highest BCUT2D eigenvalue weighted by Crippen LogP contribution is 2.19. The molecule has 0 saturated heterocycles. The maximum atomic E-state index is 5.09. The minimum atomic E-state index is 0.871. The van der Waals surface area contributed by atoms with Crippen LogP contribution in [-0.2, 0) is 0 Å². The lowest BCUT2D eigenvalue weighted by Gasteiger charge is -1.88. The second-order valence-electron chi connectivity index (χ2n) is 1.84. The fourth-order valence-electron chi connectivity index (χ4n) is 0.566. The SMILES string of the molecule is C/C(=N/N)c1cc(Br)cs1. The van der Waals surface area contributed by atoms with E-state index < -0.39 is 0 Å². The molecule has 54 valence electrons. The number of hydrogen-bond donors (Lipinski definition) is 1. The Morgan fingerprint density at radius 1 is 1.80 bits per heavy atom. The Morgan fingerprint density at radius 2 is 2.50 bits per heavy atom. The van der Waals surface area contributed by atoms with Gasteiger partial charge in [0.15, 0.2) is 0 Å². The minimum Gasteiger partial charge on any atom is -0.323 e. The van der Waals surface area contributed by atoms with Gasteiger partial charge in [0.2, 0.25) is 0 Å². The van der Waals surface area contributed by atoms with Crippen LogP contribution in [0.25, 0.3) is 0 Å². The number of nitrogens with two attached hydrogens (primary N) is 1. The number of rotatable bonds is 1. The molecule has 4 heteroatoms. The van der Waals surface area contributed by atoms with Gasteiger partial charge in [-0.3, -0.25) is 0 Å². The molecule has 0 fully saturated rings. The van der Waals surface area contributed by atoms with Crippen LogP contribution in [0.3, 0.4) is 0 Å². The van der Waals surface area contributed by atoms with Crippen LogP contribution in [0, 0.1) is 0 Å². The predicted molar refractivity (Wildman–Crippen MR) is 48.4 cm³/mol. The van der Waals surface area contributed by atoms with Crippen molar-refractivity contribution in [2.45, 2.75) is 6.92 Å². The largest absolute Gasteiger partial charge is 0.323 e. The minimum absolute atomic E-state index is 0.871. The van der Waals surface area contributed by atoms with E-state index in [1.807, 2.05) is 18.4 Å². The van der Waals surface area contributed by atoms with E-state index in [0.29, 0.717) is 0 Å². The van der Waals surface area contributed by atoms with Crippen molar-refractivity contribution < 1.29 is 0 Å². The second-order valence-corrected chi connectivity index (χ2v) is 3.67. The molecule has 0 aromatic carbocycles. The van der Waals surface area contributed by atoms with E-state index in [0.717, 1.165) is 15.1 Å². The van der Waals surface area contributed by atoms with Crippen molar-refractivity contribution in [2.24, 2.45) is 10.9 Å². The van der Waals surface area contributed by atoms with E-state index in [9.17, 15) is 0 Å². The fourth-order valence-corrected chi connectivity index (χ4v) is 1.95. The van der Waals surface area contributed by atoms with E-state index >= 15 is 0 Å². The van der Waals surface area contributed by atoms with Gasteiger partial charge in [-0.1, -0.05) is 0 Å². The summed E-state index contributed by atoms with van der Waals surface area (Å²) in [5.74, 6) is 5.09. The summed E-state index contributed by atoms with van der Waals surface area (Å²) in [6.45, 7) is 1.89. The zero-order chi connectivity index (χ0) is 7.56. The first-order valence-corrected chi connectivity index (χ1v) is 4.40. The van der Waals surface area contributed by atoms with Gasteiger partial charge in [-0.2, -0.15) is 5.10 Å². The molecule has 0 aliphatic heterocycles. The van der Waals surface area contributed by atoms with E-state index in [-0.39, 0.29) is 0 Å². The van der Waals surface area contributed by atoms with Gasteiger partial charge in [0.25, 0.3) is 0 Å². The average molecular weight is 219 g/mol. The molecule has 0 aliphatic rings. The van der Waals surface area contributed by atoms with Crippen LogP contribution in [0.5, 0.6) is 0 Å². The summed E-state index contributed by atoms with van der Waals surface area (Å²) < 4.78 is 1.08. The second kappa shape index (κ2) is 3.16. The van der Waals surface area contributed by atoms with Gasteiger partial charge in [-0.05, 0) is 28.9 Å². The summed E-state index contributed by atoms with van der Waals surface area (Å²) in [6, 6.07) is 2.00. The Hall–Kier alpha value is -0.350. The van der Waals surface area contributed by atoms with Crippen molar-refractivity contribution in [1.29, 1.82) is 0 Å². The first-order valence-electron chi connectivity index (χ1n) is 2.73. The van der Waals surface area contributed by atoms with Crippen molar-refractivity contribution in [2.75, 3.05) is 0 Å². The van der Waals surface area contributed by atoms with Crippen LogP contribution in [0.4, 0.5) is 0 Å². The summed E-state index contributed by atoms with van der Waals surface area (Å²) in [4.78, 5) is 1.11. The Balaban J connectivity index is 2.95. The molecule has 10 heavy (non-hydrogen) atoms. The normalized spacial score (nSPS) is 12.0. The van der Waals surface area contributed by atoms with E-state index in [1.165, 1.54) is 0 Å². The molecule has 0 amide bonds. The van der Waals surface area contributed by atoms with Gasteiger partial charge in [-0.25, -0.2) is 0 Å². The highest BCUT2D eigenvalue weighted by Gasteiger charge is 1.98. The lowest BCUT2D eigenvalue weighted by atomic mass is 10.3. The van der Waals surface area contributed by atoms with Gasteiger partial charge in [-0.15, -0.1) is 11.3 Å². The maximum absolute atomic E-state index is 5.09. The summed E-state index contributed by atoms with van der Waals surface area (Å²) in [6.07, 6.45) is 0. The van der Waals surface area contributed by atoms with Crippen LogP contribution in [0.2, 0.25) is 0 Å². The molecule has 1 aromatic heterocycles. The molecule has 1 heterocycles. The smallest absolute Gasteiger partial charge is 0.0741 e. The highest BCUT2D eigenvalue weighted by molar-refractivity contribution is 9.10. The Bertz CT molecular complexity index is 254. The third-order valence-corrected chi connectivity index (χ3v) is 2.92. The Morgan fingerprint density at radius 3 is 2.90 bits per heavy atom. The van der Waals surface area contributed by atoms with E-state index in [2.05, 4.69) is 21.0 Å². The van der Waals surface area contributed by atoms with Crippen molar-refractivity contribution in [1.82, 2.24) is 0 Å². The fraction of sp³-hybridized carbons (Fsp3) is 0.167. The van der Waals surface area contributed by atoms with E-state index in [1.54, 1.807) is 11.3 Å². The topological polar surface area (TPSA) is 38.4 Å². The lowest BCUT2D eigenvalue weighted by molar-refractivity contribution is 1.24. The number of hydrogen-bond acceptors (Lipinski definition) is 3. The zero-order valence-electron chi connectivity index (χ0n) is 5.47. The predicted octanol–water partition coefficient (Wildman–Crippen LogP) is 2.19. The lowest BCUT2D eigenvalue weighted by Crippen LogP contribution is -1.94. The van der Waals surface area contributed by atoms with Gasteiger partial charge in [0, 0.05) is 9.85 Å². The third kappa shape index (κ3) is 1.58. The molecular weight excluding hydrogens is 212 g/mol. The van der Waals surface area contributed by atoms with Crippen LogP contribution in [-0.4, -0.2) is 5.71 Å². The van der Waals surface area contributed by atoms with Gasteiger partial charge in [0.05, 0.1) is 10.6 Å². The molecule has 1 rings (SSSR count). The van der Waals surface area contributed by atoms with Crippen molar-refractivity contribution >= 4 is 33.0 Å². The van der Waals surface area contributed by atoms with Gasteiger partial charge in [0.1, 0.15) is 0 Å². The average Bonchev–Trinajstić information content (AvgIpc) is 2.34. The van der Waals surface area contributed by atoms with Crippen LogP contribution < -0.4 is 5.84 Å². The highest BCUT2D eigenvalue weighted by atomic mass is 79.9. The van der Waals surface area contributed by atoms with Crippen molar-refractivity contribution in [3.8, 4) is 0 Å². The maximum Gasteiger partial charge on any atom is 0.0741 e. The van der Waals surface area contributed by atoms with Crippen molar-refractivity contribution in [3.63, 3.8) is 0 Å².